The molecule has 4 heteroatoms. The van der Waals surface area contributed by atoms with E-state index >= 15 is 0 Å². The molecule has 0 atom stereocenters. The Labute approximate surface area is 75.2 Å². The molecule has 0 fully saturated rings. The molecule has 0 unspecified atom stereocenters. The number of H-pyrrole nitrogens is 1. The molecule has 0 aliphatic carbocycles. The number of aromatic amines is 1. The summed E-state index contributed by atoms with van der Waals surface area (Å²) in [5.41, 5.74) is 1.56. The smallest absolute Gasteiger partial charge is 0.275 e. The fourth-order valence-electron chi connectivity index (χ4n) is 1.40. The first kappa shape index (κ1) is 8.04. The normalized spacial score (nSPS) is 11.3. The summed E-state index contributed by atoms with van der Waals surface area (Å²) in [6, 6.07) is 3.73. The Bertz CT molecular complexity index is 481. The standard InChI is InChI=1S/C9H11N3O/c1-6(2)7-3-4-8-9(13)10-5-11-12(7)8/h3-6H,1-2H3,(H,10,11,13). The van der Waals surface area contributed by atoms with E-state index in [0.29, 0.717) is 11.4 Å². The van der Waals surface area contributed by atoms with Gasteiger partial charge in [0.1, 0.15) is 11.8 Å². The molecule has 0 amide bonds. The van der Waals surface area contributed by atoms with Crippen molar-refractivity contribution >= 4 is 5.52 Å². The van der Waals surface area contributed by atoms with Crippen molar-refractivity contribution in [3.05, 3.63) is 34.5 Å². The third kappa shape index (κ3) is 1.14. The van der Waals surface area contributed by atoms with Crippen LogP contribution in [0.5, 0.6) is 0 Å². The lowest BCUT2D eigenvalue weighted by Gasteiger charge is -2.02. The van der Waals surface area contributed by atoms with Gasteiger partial charge in [0, 0.05) is 5.69 Å². The van der Waals surface area contributed by atoms with Crippen LogP contribution in [0.3, 0.4) is 0 Å². The summed E-state index contributed by atoms with van der Waals surface area (Å²) in [4.78, 5) is 13.8. The molecule has 0 aromatic carbocycles. The Morgan fingerprint density at radius 2 is 2.23 bits per heavy atom. The Hall–Kier alpha value is -1.58. The monoisotopic (exact) mass is 177 g/mol. The highest BCUT2D eigenvalue weighted by Gasteiger charge is 2.07. The Balaban J connectivity index is 2.83. The van der Waals surface area contributed by atoms with Gasteiger partial charge in [-0.2, -0.15) is 5.10 Å². The quantitative estimate of drug-likeness (QED) is 0.710. The molecule has 0 saturated carbocycles. The predicted octanol–water partition coefficient (Wildman–Crippen LogP) is 1.15. The molecule has 1 N–H and O–H groups in total. The maximum atomic E-state index is 11.3. The number of fused-ring (bicyclic) bond motifs is 1. The second-order valence-corrected chi connectivity index (χ2v) is 3.33. The SMILES string of the molecule is CC(C)c1ccc2c(=O)[nH]cnn12. The van der Waals surface area contributed by atoms with E-state index < -0.39 is 0 Å². The van der Waals surface area contributed by atoms with Crippen molar-refractivity contribution in [2.24, 2.45) is 0 Å². The van der Waals surface area contributed by atoms with Crippen LogP contribution < -0.4 is 5.56 Å². The van der Waals surface area contributed by atoms with Crippen molar-refractivity contribution in [3.8, 4) is 0 Å². The minimum atomic E-state index is -0.0955. The zero-order chi connectivity index (χ0) is 9.42. The number of hydrogen-bond acceptors (Lipinski definition) is 2. The van der Waals surface area contributed by atoms with Gasteiger partial charge in [0.05, 0.1) is 0 Å². The first-order valence-corrected chi connectivity index (χ1v) is 4.25. The number of hydrogen-bond donors (Lipinski definition) is 1. The molecule has 68 valence electrons. The molecule has 0 radical (unpaired) electrons. The molecule has 0 bridgehead atoms. The molecule has 0 aliphatic rings. The molecule has 13 heavy (non-hydrogen) atoms. The van der Waals surface area contributed by atoms with E-state index in [1.165, 1.54) is 6.33 Å². The van der Waals surface area contributed by atoms with Crippen molar-refractivity contribution in [3.63, 3.8) is 0 Å². The van der Waals surface area contributed by atoms with Crippen LogP contribution in [0, 0.1) is 0 Å². The van der Waals surface area contributed by atoms with Gasteiger partial charge < -0.3 is 4.98 Å². The van der Waals surface area contributed by atoms with Gasteiger partial charge in [-0.3, -0.25) is 4.79 Å². The lowest BCUT2D eigenvalue weighted by atomic mass is 10.1. The van der Waals surface area contributed by atoms with Crippen molar-refractivity contribution in [2.45, 2.75) is 19.8 Å². The average molecular weight is 177 g/mol. The maximum absolute atomic E-state index is 11.3. The number of nitrogens with one attached hydrogen (secondary N) is 1. The highest BCUT2D eigenvalue weighted by atomic mass is 16.1. The Kier molecular flexibility index (Phi) is 1.69. The van der Waals surface area contributed by atoms with E-state index in [9.17, 15) is 4.79 Å². The third-order valence-corrected chi connectivity index (χ3v) is 2.08. The molecule has 0 aliphatic heterocycles. The summed E-state index contributed by atoms with van der Waals surface area (Å²) in [6.45, 7) is 4.15. The van der Waals surface area contributed by atoms with E-state index in [1.807, 2.05) is 6.07 Å². The van der Waals surface area contributed by atoms with Crippen LogP contribution in [-0.4, -0.2) is 14.6 Å². The zero-order valence-electron chi connectivity index (χ0n) is 7.61. The molecule has 2 aromatic rings. The summed E-state index contributed by atoms with van der Waals surface area (Å²) in [5, 5.41) is 4.08. The number of nitrogens with zero attached hydrogens (tertiary/aromatic N) is 2. The van der Waals surface area contributed by atoms with Gasteiger partial charge >= 0.3 is 0 Å². The highest BCUT2D eigenvalue weighted by Crippen LogP contribution is 2.14. The van der Waals surface area contributed by atoms with Crippen LogP contribution >= 0.6 is 0 Å². The van der Waals surface area contributed by atoms with E-state index in [-0.39, 0.29) is 5.56 Å². The van der Waals surface area contributed by atoms with Crippen LogP contribution in [-0.2, 0) is 0 Å². The fourth-order valence-corrected chi connectivity index (χ4v) is 1.40. The molecule has 2 heterocycles. The lowest BCUT2D eigenvalue weighted by molar-refractivity contribution is 0.747. The topological polar surface area (TPSA) is 50.2 Å². The summed E-state index contributed by atoms with van der Waals surface area (Å²) in [7, 11) is 0. The summed E-state index contributed by atoms with van der Waals surface area (Å²) in [6.07, 6.45) is 1.42. The van der Waals surface area contributed by atoms with Crippen LogP contribution in [0.1, 0.15) is 25.5 Å². The molecule has 4 nitrogen and oxygen atoms in total. The van der Waals surface area contributed by atoms with Crippen LogP contribution in [0.15, 0.2) is 23.3 Å². The van der Waals surface area contributed by atoms with Gasteiger partial charge in [0.2, 0.25) is 0 Å². The Morgan fingerprint density at radius 1 is 1.46 bits per heavy atom. The number of aromatic nitrogens is 3. The second kappa shape index (κ2) is 2.73. The predicted molar refractivity (Wildman–Crippen MR) is 49.9 cm³/mol. The third-order valence-electron chi connectivity index (χ3n) is 2.08. The van der Waals surface area contributed by atoms with E-state index in [2.05, 4.69) is 23.9 Å². The fraction of sp³-hybridized carbons (Fsp3) is 0.333. The van der Waals surface area contributed by atoms with E-state index in [0.717, 1.165) is 5.69 Å². The van der Waals surface area contributed by atoms with E-state index in [4.69, 9.17) is 0 Å². The second-order valence-electron chi connectivity index (χ2n) is 3.33. The van der Waals surface area contributed by atoms with Crippen molar-refractivity contribution in [1.29, 1.82) is 0 Å². The lowest BCUT2D eigenvalue weighted by Crippen LogP contribution is -2.11. The van der Waals surface area contributed by atoms with Crippen LogP contribution in [0.4, 0.5) is 0 Å². The first-order chi connectivity index (χ1) is 6.20. The maximum Gasteiger partial charge on any atom is 0.275 e. The van der Waals surface area contributed by atoms with Crippen molar-refractivity contribution in [1.82, 2.24) is 14.6 Å². The first-order valence-electron chi connectivity index (χ1n) is 4.25. The van der Waals surface area contributed by atoms with Crippen LogP contribution in [0.2, 0.25) is 0 Å². The molecule has 2 aromatic heterocycles. The largest absolute Gasteiger partial charge is 0.310 e. The van der Waals surface area contributed by atoms with Crippen molar-refractivity contribution < 1.29 is 0 Å². The zero-order valence-corrected chi connectivity index (χ0v) is 7.61. The molecule has 2 rings (SSSR count). The van der Waals surface area contributed by atoms with Gasteiger partial charge in [-0.15, -0.1) is 0 Å². The van der Waals surface area contributed by atoms with Gasteiger partial charge in [-0.1, -0.05) is 13.8 Å². The van der Waals surface area contributed by atoms with Gasteiger partial charge in [0.25, 0.3) is 5.56 Å². The average Bonchev–Trinajstić information content (AvgIpc) is 2.48. The molecule has 0 saturated heterocycles. The molecular formula is C9H11N3O. The summed E-state index contributed by atoms with van der Waals surface area (Å²) >= 11 is 0. The summed E-state index contributed by atoms with van der Waals surface area (Å²) in [5.74, 6) is 0.372. The van der Waals surface area contributed by atoms with Crippen molar-refractivity contribution in [2.75, 3.05) is 0 Å². The molecule has 0 spiro atoms. The van der Waals surface area contributed by atoms with Gasteiger partial charge in [-0.25, -0.2) is 4.52 Å². The minimum absolute atomic E-state index is 0.0955. The minimum Gasteiger partial charge on any atom is -0.310 e. The highest BCUT2D eigenvalue weighted by molar-refractivity contribution is 5.46. The number of rotatable bonds is 1. The van der Waals surface area contributed by atoms with Crippen LogP contribution in [0.25, 0.3) is 5.52 Å². The van der Waals surface area contributed by atoms with Gasteiger partial charge in [0.15, 0.2) is 0 Å². The summed E-state index contributed by atoms with van der Waals surface area (Å²) < 4.78 is 1.68. The molecular weight excluding hydrogens is 166 g/mol. The van der Waals surface area contributed by atoms with Gasteiger partial charge in [-0.05, 0) is 18.1 Å². The Morgan fingerprint density at radius 3 is 2.92 bits per heavy atom. The van der Waals surface area contributed by atoms with E-state index in [1.54, 1.807) is 10.6 Å².